The molecule has 0 radical (unpaired) electrons. The lowest BCUT2D eigenvalue weighted by atomic mass is 10.1. The van der Waals surface area contributed by atoms with Crippen molar-refractivity contribution in [2.24, 2.45) is 0 Å². The van der Waals surface area contributed by atoms with E-state index >= 15 is 0 Å². The average Bonchev–Trinajstić information content (AvgIpc) is 3.32. The molecule has 4 rings (SSSR count). The fourth-order valence-electron chi connectivity index (χ4n) is 3.90. The zero-order valence-corrected chi connectivity index (χ0v) is 19.1. The van der Waals surface area contributed by atoms with Crippen LogP contribution in [-0.2, 0) is 20.8 Å². The summed E-state index contributed by atoms with van der Waals surface area (Å²) in [5.41, 5.74) is 3.27. The summed E-state index contributed by atoms with van der Waals surface area (Å²) in [4.78, 5) is 18.6. The van der Waals surface area contributed by atoms with Crippen LogP contribution < -0.4 is 4.90 Å². The van der Waals surface area contributed by atoms with Crippen molar-refractivity contribution >= 4 is 28.3 Å². The number of hydrogen-bond donors (Lipinski definition) is 0. The Kier molecular flexibility index (Phi) is 7.20. The minimum absolute atomic E-state index is 0.0572. The number of rotatable bonds is 7. The molecule has 0 aliphatic carbocycles. The topological polar surface area (TPSA) is 42.0 Å². The Morgan fingerprint density at radius 2 is 1.84 bits per heavy atom. The van der Waals surface area contributed by atoms with Gasteiger partial charge in [-0.15, -0.1) is 11.8 Å². The van der Waals surface area contributed by atoms with Crippen LogP contribution in [0.25, 0.3) is 4.91 Å². The van der Waals surface area contributed by atoms with Crippen LogP contribution in [0.2, 0.25) is 0 Å². The third-order valence-electron chi connectivity index (χ3n) is 5.57. The molecular weight excluding hydrogens is 408 g/mol. The SMILES string of the molecule is CN(C)c1ccc(CN(C[C@@H]2CCCO2)C(=O)C2=C(c3ccccc3)SCCO2)cc1. The second kappa shape index (κ2) is 10.2. The van der Waals surface area contributed by atoms with Gasteiger partial charge in [0.05, 0.1) is 17.6 Å². The lowest BCUT2D eigenvalue weighted by molar-refractivity contribution is -0.132. The maximum absolute atomic E-state index is 13.7. The van der Waals surface area contributed by atoms with Crippen LogP contribution >= 0.6 is 11.8 Å². The zero-order chi connectivity index (χ0) is 21.6. The van der Waals surface area contributed by atoms with Crippen molar-refractivity contribution in [1.29, 1.82) is 0 Å². The summed E-state index contributed by atoms with van der Waals surface area (Å²) in [5.74, 6) is 1.25. The van der Waals surface area contributed by atoms with Crippen LogP contribution in [0, 0.1) is 0 Å². The van der Waals surface area contributed by atoms with E-state index in [0.29, 0.717) is 25.5 Å². The van der Waals surface area contributed by atoms with Gasteiger partial charge in [0.15, 0.2) is 5.76 Å². The largest absolute Gasteiger partial charge is 0.486 e. The Labute approximate surface area is 189 Å². The molecule has 0 N–H and O–H groups in total. The molecule has 164 valence electrons. The first-order chi connectivity index (χ1) is 15.1. The minimum Gasteiger partial charge on any atom is -0.486 e. The van der Waals surface area contributed by atoms with E-state index in [2.05, 4.69) is 29.2 Å². The van der Waals surface area contributed by atoms with Gasteiger partial charge in [0.2, 0.25) is 0 Å². The van der Waals surface area contributed by atoms with E-state index in [1.807, 2.05) is 49.3 Å². The summed E-state index contributed by atoms with van der Waals surface area (Å²) in [6.45, 7) is 2.43. The molecule has 0 spiro atoms. The van der Waals surface area contributed by atoms with Crippen molar-refractivity contribution in [3.8, 4) is 0 Å². The number of hydrogen-bond acceptors (Lipinski definition) is 5. The van der Waals surface area contributed by atoms with Gasteiger partial charge < -0.3 is 19.3 Å². The van der Waals surface area contributed by atoms with Gasteiger partial charge in [0, 0.05) is 45.2 Å². The molecule has 2 heterocycles. The lowest BCUT2D eigenvalue weighted by Crippen LogP contribution is -2.39. The second-order valence-electron chi connectivity index (χ2n) is 8.10. The van der Waals surface area contributed by atoms with E-state index in [4.69, 9.17) is 9.47 Å². The van der Waals surface area contributed by atoms with Gasteiger partial charge >= 0.3 is 0 Å². The van der Waals surface area contributed by atoms with Gasteiger partial charge in [-0.05, 0) is 36.1 Å². The molecule has 2 aromatic carbocycles. The molecule has 1 amide bonds. The zero-order valence-electron chi connectivity index (χ0n) is 18.3. The van der Waals surface area contributed by atoms with Crippen LogP contribution in [0.5, 0.6) is 0 Å². The molecule has 0 unspecified atom stereocenters. The predicted molar refractivity (Wildman–Crippen MR) is 127 cm³/mol. The Morgan fingerprint density at radius 3 is 2.52 bits per heavy atom. The fourth-order valence-corrected chi connectivity index (χ4v) is 4.85. The first-order valence-electron chi connectivity index (χ1n) is 10.8. The van der Waals surface area contributed by atoms with Crippen LogP contribution in [0.3, 0.4) is 0 Å². The van der Waals surface area contributed by atoms with E-state index in [-0.39, 0.29) is 12.0 Å². The van der Waals surface area contributed by atoms with Crippen LogP contribution in [0.1, 0.15) is 24.0 Å². The van der Waals surface area contributed by atoms with Crippen molar-refractivity contribution in [3.63, 3.8) is 0 Å². The molecule has 0 bridgehead atoms. The summed E-state index contributed by atoms with van der Waals surface area (Å²) >= 11 is 1.69. The van der Waals surface area contributed by atoms with Gasteiger partial charge in [0.25, 0.3) is 5.91 Å². The number of benzene rings is 2. The highest BCUT2D eigenvalue weighted by Gasteiger charge is 2.30. The molecule has 2 aliphatic heterocycles. The number of carbonyl (C=O) groups is 1. The normalized spacial score (nSPS) is 18.6. The molecule has 5 nitrogen and oxygen atoms in total. The van der Waals surface area contributed by atoms with E-state index in [1.165, 1.54) is 0 Å². The van der Waals surface area contributed by atoms with Crippen LogP contribution in [0.15, 0.2) is 60.4 Å². The number of anilines is 1. The summed E-state index contributed by atoms with van der Waals surface area (Å²) in [6.07, 6.45) is 2.12. The summed E-state index contributed by atoms with van der Waals surface area (Å²) in [7, 11) is 4.05. The van der Waals surface area contributed by atoms with E-state index in [1.54, 1.807) is 11.8 Å². The van der Waals surface area contributed by atoms with Crippen molar-refractivity contribution in [2.45, 2.75) is 25.5 Å². The smallest absolute Gasteiger partial charge is 0.290 e. The number of amides is 1. The highest BCUT2D eigenvalue weighted by atomic mass is 32.2. The molecule has 31 heavy (non-hydrogen) atoms. The van der Waals surface area contributed by atoms with E-state index in [0.717, 1.165) is 46.9 Å². The van der Waals surface area contributed by atoms with Gasteiger partial charge in [-0.1, -0.05) is 42.5 Å². The van der Waals surface area contributed by atoms with E-state index < -0.39 is 0 Å². The molecule has 6 heteroatoms. The molecule has 2 aliphatic rings. The van der Waals surface area contributed by atoms with Crippen molar-refractivity contribution in [3.05, 3.63) is 71.5 Å². The van der Waals surface area contributed by atoms with Crippen molar-refractivity contribution in [1.82, 2.24) is 4.90 Å². The quantitative estimate of drug-likeness (QED) is 0.641. The first kappa shape index (κ1) is 21.8. The molecule has 1 fully saturated rings. The summed E-state index contributed by atoms with van der Waals surface area (Å²) in [5, 5.41) is 0. The van der Waals surface area contributed by atoms with E-state index in [9.17, 15) is 4.79 Å². The third-order valence-corrected chi connectivity index (χ3v) is 6.65. The second-order valence-corrected chi connectivity index (χ2v) is 9.21. The fraction of sp³-hybridized carbons (Fsp3) is 0.400. The van der Waals surface area contributed by atoms with Crippen molar-refractivity contribution < 1.29 is 14.3 Å². The van der Waals surface area contributed by atoms with Gasteiger partial charge in [-0.25, -0.2) is 0 Å². The molecule has 0 saturated carbocycles. The molecule has 1 saturated heterocycles. The first-order valence-corrected chi connectivity index (χ1v) is 11.8. The maximum atomic E-state index is 13.7. The number of ether oxygens (including phenoxy) is 2. The monoisotopic (exact) mass is 438 g/mol. The molecule has 1 atom stereocenters. The molecule has 0 aromatic heterocycles. The Hall–Kier alpha value is -2.44. The minimum atomic E-state index is -0.0572. The summed E-state index contributed by atoms with van der Waals surface area (Å²) in [6, 6.07) is 18.4. The van der Waals surface area contributed by atoms with Crippen molar-refractivity contribution in [2.75, 3.05) is 44.5 Å². The highest BCUT2D eigenvalue weighted by Crippen LogP contribution is 2.35. The number of thioether (sulfide) groups is 1. The van der Waals surface area contributed by atoms with Gasteiger partial charge in [0.1, 0.15) is 0 Å². The van der Waals surface area contributed by atoms with Gasteiger partial charge in [-0.3, -0.25) is 4.79 Å². The third kappa shape index (κ3) is 5.43. The lowest BCUT2D eigenvalue weighted by Gasteiger charge is -2.29. The Bertz CT molecular complexity index is 906. The molecule has 2 aromatic rings. The van der Waals surface area contributed by atoms with Crippen LogP contribution in [0.4, 0.5) is 5.69 Å². The summed E-state index contributed by atoms with van der Waals surface area (Å²) < 4.78 is 11.8. The van der Waals surface area contributed by atoms with Gasteiger partial charge in [-0.2, -0.15) is 0 Å². The number of nitrogens with zero attached hydrogens (tertiary/aromatic N) is 2. The Morgan fingerprint density at radius 1 is 1.06 bits per heavy atom. The maximum Gasteiger partial charge on any atom is 0.290 e. The predicted octanol–water partition coefficient (Wildman–Crippen LogP) is 4.39. The number of carbonyl (C=O) groups excluding carboxylic acids is 1. The highest BCUT2D eigenvalue weighted by molar-refractivity contribution is 8.08. The average molecular weight is 439 g/mol. The molecular formula is C25H30N2O3S. The standard InChI is InChI=1S/C25H30N2O3S/c1-26(2)21-12-10-19(11-13-21)17-27(18-22-9-6-14-29-22)25(28)23-24(31-16-15-30-23)20-7-4-3-5-8-20/h3-5,7-8,10-13,22H,6,9,14-18H2,1-2H3/t22-/m0/s1. The van der Waals surface area contributed by atoms with Crippen LogP contribution in [-0.4, -0.2) is 56.5 Å². The Balaban J connectivity index is 1.61.